The van der Waals surface area contributed by atoms with Crippen LogP contribution in [0.3, 0.4) is 0 Å². The summed E-state index contributed by atoms with van der Waals surface area (Å²) in [6.45, 7) is 0.305. The van der Waals surface area contributed by atoms with Crippen LogP contribution < -0.4 is 15.4 Å². The van der Waals surface area contributed by atoms with Gasteiger partial charge < -0.3 is 15.4 Å². The van der Waals surface area contributed by atoms with E-state index >= 15 is 0 Å². The molecular formula is C12H13ClN2O3. The number of nitrogens with two attached hydrogens (primary N) is 1. The fourth-order valence-corrected chi connectivity index (χ4v) is 2.16. The van der Waals surface area contributed by atoms with Gasteiger partial charge in [0.15, 0.2) is 0 Å². The Balaban J connectivity index is 2.27. The Kier molecular flexibility index (Phi) is 3.43. The second-order valence-corrected chi connectivity index (χ2v) is 4.53. The Morgan fingerprint density at radius 3 is 2.83 bits per heavy atom. The first-order chi connectivity index (χ1) is 8.52. The normalized spacial score (nSPS) is 19.1. The zero-order chi connectivity index (χ0) is 13.3. The van der Waals surface area contributed by atoms with E-state index in [4.69, 9.17) is 22.1 Å². The Hall–Kier alpha value is -1.75. The molecule has 1 aromatic rings. The Morgan fingerprint density at radius 1 is 1.56 bits per heavy atom. The minimum Gasteiger partial charge on any atom is -0.495 e. The molecule has 0 aliphatic carbocycles. The fourth-order valence-electron chi connectivity index (χ4n) is 1.96. The summed E-state index contributed by atoms with van der Waals surface area (Å²) in [4.78, 5) is 24.4. The molecular weight excluding hydrogens is 256 g/mol. The van der Waals surface area contributed by atoms with Crippen LogP contribution >= 0.6 is 11.6 Å². The highest BCUT2D eigenvalue weighted by Crippen LogP contribution is 2.32. The lowest BCUT2D eigenvalue weighted by atomic mass is 10.1. The fraction of sp³-hybridized carbons (Fsp3) is 0.333. The van der Waals surface area contributed by atoms with Gasteiger partial charge in [-0.25, -0.2) is 0 Å². The van der Waals surface area contributed by atoms with Crippen molar-refractivity contribution in [1.82, 2.24) is 0 Å². The van der Waals surface area contributed by atoms with Crippen LogP contribution in [0.2, 0.25) is 5.02 Å². The third kappa shape index (κ3) is 2.26. The molecule has 96 valence electrons. The smallest absolute Gasteiger partial charge is 0.227 e. The number of anilines is 1. The maximum Gasteiger partial charge on any atom is 0.227 e. The quantitative estimate of drug-likeness (QED) is 0.895. The van der Waals surface area contributed by atoms with Crippen molar-refractivity contribution < 1.29 is 14.3 Å². The van der Waals surface area contributed by atoms with E-state index in [0.717, 1.165) is 0 Å². The number of benzene rings is 1. The van der Waals surface area contributed by atoms with Crippen molar-refractivity contribution >= 4 is 29.1 Å². The molecule has 1 aromatic carbocycles. The second-order valence-electron chi connectivity index (χ2n) is 4.13. The van der Waals surface area contributed by atoms with Crippen molar-refractivity contribution in [2.75, 3.05) is 18.6 Å². The van der Waals surface area contributed by atoms with E-state index in [0.29, 0.717) is 23.0 Å². The summed E-state index contributed by atoms with van der Waals surface area (Å²) in [6.07, 6.45) is 0.153. The number of amides is 2. The molecule has 2 N–H and O–H groups in total. The third-order valence-corrected chi connectivity index (χ3v) is 3.29. The summed E-state index contributed by atoms with van der Waals surface area (Å²) < 4.78 is 5.09. The molecule has 6 heteroatoms. The van der Waals surface area contributed by atoms with E-state index in [9.17, 15) is 9.59 Å². The lowest BCUT2D eigenvalue weighted by Gasteiger charge is -2.17. The number of carbonyl (C=O) groups is 2. The standard InChI is InChI=1S/C12H13ClN2O3/c1-18-10-5-8(2-3-9(10)13)15-6-7(12(14)17)4-11(15)16/h2-3,5,7H,4,6H2,1H3,(H2,14,17). The minimum atomic E-state index is -0.452. The van der Waals surface area contributed by atoms with Crippen LogP contribution in [0.15, 0.2) is 18.2 Å². The van der Waals surface area contributed by atoms with Crippen LogP contribution in [0.4, 0.5) is 5.69 Å². The number of primary amides is 1. The maximum atomic E-state index is 11.8. The lowest BCUT2D eigenvalue weighted by molar-refractivity contribution is -0.123. The largest absolute Gasteiger partial charge is 0.495 e. The summed E-state index contributed by atoms with van der Waals surface area (Å²) in [6, 6.07) is 5.04. The number of nitrogens with zero attached hydrogens (tertiary/aromatic N) is 1. The molecule has 1 saturated heterocycles. The van der Waals surface area contributed by atoms with E-state index in [-0.39, 0.29) is 12.3 Å². The first-order valence-electron chi connectivity index (χ1n) is 5.46. The predicted octanol–water partition coefficient (Wildman–Crippen LogP) is 1.19. The predicted molar refractivity (Wildman–Crippen MR) is 67.7 cm³/mol. The van der Waals surface area contributed by atoms with Crippen LogP contribution in [0, 0.1) is 5.92 Å². The number of rotatable bonds is 3. The summed E-state index contributed by atoms with van der Waals surface area (Å²) >= 11 is 5.92. The van der Waals surface area contributed by atoms with Crippen molar-refractivity contribution in [3.05, 3.63) is 23.2 Å². The molecule has 0 radical (unpaired) electrons. The number of halogens is 1. The number of hydrogen-bond acceptors (Lipinski definition) is 3. The number of carbonyl (C=O) groups excluding carboxylic acids is 2. The van der Waals surface area contributed by atoms with E-state index < -0.39 is 11.8 Å². The Bertz CT molecular complexity index is 504. The Morgan fingerprint density at radius 2 is 2.28 bits per heavy atom. The molecule has 1 atom stereocenters. The first-order valence-corrected chi connectivity index (χ1v) is 5.84. The molecule has 1 aliphatic rings. The van der Waals surface area contributed by atoms with Crippen LogP contribution in [-0.2, 0) is 9.59 Å². The number of hydrogen-bond donors (Lipinski definition) is 1. The molecule has 1 unspecified atom stereocenters. The zero-order valence-electron chi connectivity index (χ0n) is 9.85. The minimum absolute atomic E-state index is 0.122. The van der Waals surface area contributed by atoms with Gasteiger partial charge in [0.25, 0.3) is 0 Å². The molecule has 0 bridgehead atoms. The molecule has 0 spiro atoms. The summed E-state index contributed by atoms with van der Waals surface area (Å²) in [5, 5.41) is 0.472. The van der Waals surface area contributed by atoms with Crippen molar-refractivity contribution in [1.29, 1.82) is 0 Å². The maximum absolute atomic E-state index is 11.8. The number of ether oxygens (including phenoxy) is 1. The van der Waals surface area contributed by atoms with Gasteiger partial charge >= 0.3 is 0 Å². The van der Waals surface area contributed by atoms with Gasteiger partial charge in [-0.3, -0.25) is 9.59 Å². The van der Waals surface area contributed by atoms with Gasteiger partial charge in [-0.1, -0.05) is 11.6 Å². The third-order valence-electron chi connectivity index (χ3n) is 2.97. The van der Waals surface area contributed by atoms with E-state index in [2.05, 4.69) is 0 Å². The van der Waals surface area contributed by atoms with Crippen LogP contribution in [-0.4, -0.2) is 25.5 Å². The highest BCUT2D eigenvalue weighted by molar-refractivity contribution is 6.32. The van der Waals surface area contributed by atoms with Crippen LogP contribution in [0.1, 0.15) is 6.42 Å². The highest BCUT2D eigenvalue weighted by atomic mass is 35.5. The monoisotopic (exact) mass is 268 g/mol. The van der Waals surface area contributed by atoms with Gasteiger partial charge in [0, 0.05) is 24.7 Å². The molecule has 2 amide bonds. The van der Waals surface area contributed by atoms with E-state index in [1.54, 1.807) is 18.2 Å². The molecule has 1 fully saturated rings. The Labute approximate surface area is 109 Å². The summed E-state index contributed by atoms with van der Waals surface area (Å²) in [5.41, 5.74) is 5.87. The first kappa shape index (κ1) is 12.7. The van der Waals surface area contributed by atoms with Crippen LogP contribution in [0.25, 0.3) is 0 Å². The molecule has 0 saturated carbocycles. The number of methoxy groups -OCH3 is 1. The molecule has 5 nitrogen and oxygen atoms in total. The van der Waals surface area contributed by atoms with Crippen molar-refractivity contribution in [2.45, 2.75) is 6.42 Å². The van der Waals surface area contributed by atoms with Gasteiger partial charge in [0.05, 0.1) is 18.1 Å². The van der Waals surface area contributed by atoms with E-state index in [1.807, 2.05) is 0 Å². The summed E-state index contributed by atoms with van der Waals surface area (Å²) in [7, 11) is 1.50. The zero-order valence-corrected chi connectivity index (χ0v) is 10.6. The molecule has 1 heterocycles. The van der Waals surface area contributed by atoms with E-state index in [1.165, 1.54) is 12.0 Å². The molecule has 0 aromatic heterocycles. The van der Waals surface area contributed by atoms with Crippen molar-refractivity contribution in [2.24, 2.45) is 11.7 Å². The van der Waals surface area contributed by atoms with Gasteiger partial charge in [-0.05, 0) is 12.1 Å². The van der Waals surface area contributed by atoms with Gasteiger partial charge in [-0.2, -0.15) is 0 Å². The van der Waals surface area contributed by atoms with Crippen molar-refractivity contribution in [3.8, 4) is 5.75 Å². The van der Waals surface area contributed by atoms with Gasteiger partial charge in [0.2, 0.25) is 11.8 Å². The van der Waals surface area contributed by atoms with Gasteiger partial charge in [-0.15, -0.1) is 0 Å². The average molecular weight is 269 g/mol. The summed E-state index contributed by atoms with van der Waals surface area (Å²) in [5.74, 6) is -0.515. The topological polar surface area (TPSA) is 72.6 Å². The average Bonchev–Trinajstić information content (AvgIpc) is 2.72. The lowest BCUT2D eigenvalue weighted by Crippen LogP contribution is -2.28. The van der Waals surface area contributed by atoms with Crippen molar-refractivity contribution in [3.63, 3.8) is 0 Å². The molecule has 18 heavy (non-hydrogen) atoms. The SMILES string of the molecule is COc1cc(N2CC(C(N)=O)CC2=O)ccc1Cl. The molecule has 1 aliphatic heterocycles. The molecule has 2 rings (SSSR count). The second kappa shape index (κ2) is 4.86. The van der Waals surface area contributed by atoms with Crippen LogP contribution in [0.5, 0.6) is 5.75 Å². The highest BCUT2D eigenvalue weighted by Gasteiger charge is 2.34. The van der Waals surface area contributed by atoms with Gasteiger partial charge in [0.1, 0.15) is 5.75 Å².